The molecular formula is C46H55F3N8O5S. The van der Waals surface area contributed by atoms with Crippen LogP contribution in [0.5, 0.6) is 0 Å². The van der Waals surface area contributed by atoms with E-state index in [1.54, 1.807) is 46.6 Å². The molecule has 1 aliphatic heterocycles. The fourth-order valence-corrected chi connectivity index (χ4v) is 8.27. The maximum absolute atomic E-state index is 14.1. The van der Waals surface area contributed by atoms with Crippen LogP contribution in [0.25, 0.3) is 21.7 Å². The van der Waals surface area contributed by atoms with Gasteiger partial charge >= 0.3 is 6.18 Å². The van der Waals surface area contributed by atoms with Crippen molar-refractivity contribution in [2.75, 3.05) is 38.2 Å². The van der Waals surface area contributed by atoms with E-state index < -0.39 is 35.3 Å². The number of halogens is 3. The molecule has 0 aliphatic carbocycles. The summed E-state index contributed by atoms with van der Waals surface area (Å²) in [4.78, 5) is 52.3. The van der Waals surface area contributed by atoms with E-state index in [1.807, 2.05) is 71.4 Å². The number of benzene rings is 3. The minimum atomic E-state index is -4.42. The second-order valence-corrected chi connectivity index (χ2v) is 17.7. The van der Waals surface area contributed by atoms with E-state index in [9.17, 15) is 32.7 Å². The molecule has 4 atom stereocenters. The molecule has 0 saturated carbocycles. The van der Waals surface area contributed by atoms with Crippen LogP contribution in [0.1, 0.15) is 72.9 Å². The molecule has 13 nitrogen and oxygen atoms in total. The number of anilines is 1. The molecule has 63 heavy (non-hydrogen) atoms. The van der Waals surface area contributed by atoms with Crippen molar-refractivity contribution in [3.05, 3.63) is 113 Å². The number of carbonyl (C=O) groups excluding carboxylic acids is 3. The zero-order valence-electron chi connectivity index (χ0n) is 36.3. The van der Waals surface area contributed by atoms with E-state index in [2.05, 4.69) is 31.2 Å². The molecule has 5 aromatic rings. The summed E-state index contributed by atoms with van der Waals surface area (Å²) in [5.41, 5.74) is 6.44. The largest absolute Gasteiger partial charge is 0.416 e. The fourth-order valence-electron chi connectivity index (χ4n) is 7.46. The average molecular weight is 889 g/mol. The Hall–Kier alpha value is -5.62. The first kappa shape index (κ1) is 46.9. The molecule has 0 unspecified atom stereocenters. The summed E-state index contributed by atoms with van der Waals surface area (Å²) in [6.07, 6.45) is -1.68. The van der Waals surface area contributed by atoms with Gasteiger partial charge in [-0.25, -0.2) is 9.97 Å². The Morgan fingerprint density at radius 2 is 1.70 bits per heavy atom. The molecule has 0 spiro atoms. The molecule has 1 fully saturated rings. The van der Waals surface area contributed by atoms with Crippen LogP contribution in [0.2, 0.25) is 0 Å². The topological polar surface area (TPSA) is 163 Å². The molecule has 0 radical (unpaired) electrons. The lowest BCUT2D eigenvalue weighted by molar-refractivity contribution is -0.142. The van der Waals surface area contributed by atoms with Gasteiger partial charge in [0, 0.05) is 62.7 Å². The van der Waals surface area contributed by atoms with E-state index in [-0.39, 0.29) is 63.0 Å². The number of aromatic nitrogens is 3. The molecule has 5 N–H and O–H groups in total. The van der Waals surface area contributed by atoms with Crippen molar-refractivity contribution in [1.29, 1.82) is 0 Å². The second kappa shape index (κ2) is 20.3. The van der Waals surface area contributed by atoms with E-state index in [1.165, 1.54) is 17.0 Å². The smallest absolute Gasteiger partial charge is 0.391 e. The summed E-state index contributed by atoms with van der Waals surface area (Å²) in [7, 11) is 1.82. The van der Waals surface area contributed by atoms with Crippen LogP contribution >= 0.6 is 11.3 Å². The summed E-state index contributed by atoms with van der Waals surface area (Å²) in [5, 5.41) is 23.1. The number of rotatable bonds is 17. The van der Waals surface area contributed by atoms with Crippen LogP contribution in [-0.2, 0) is 34.1 Å². The highest BCUT2D eigenvalue weighted by molar-refractivity contribution is 7.13. The lowest BCUT2D eigenvalue weighted by Crippen LogP contribution is -2.57. The number of likely N-dealkylation sites (tertiary alicyclic amines) is 1. The van der Waals surface area contributed by atoms with E-state index >= 15 is 0 Å². The Balaban J connectivity index is 0.977. The third-order valence-corrected chi connectivity index (χ3v) is 11.9. The van der Waals surface area contributed by atoms with Crippen LogP contribution < -0.4 is 21.3 Å². The van der Waals surface area contributed by atoms with Crippen LogP contribution in [0, 0.1) is 12.3 Å². The number of ether oxygens (including phenoxy) is 1. The number of aliphatic hydroxyl groups is 1. The van der Waals surface area contributed by atoms with Gasteiger partial charge in [0.25, 0.3) is 5.91 Å². The number of β-amino-alcohol motifs (C(OH)–C–C–N with tert-alkyl or cyclic N) is 1. The van der Waals surface area contributed by atoms with Crippen molar-refractivity contribution < 1.29 is 37.4 Å². The number of thiazole rings is 1. The molecule has 3 amide bonds. The van der Waals surface area contributed by atoms with Gasteiger partial charge in [-0.05, 0) is 66.3 Å². The number of carbonyl (C=O) groups is 3. The summed E-state index contributed by atoms with van der Waals surface area (Å²) >= 11 is 1.57. The summed E-state index contributed by atoms with van der Waals surface area (Å²) in [6.45, 7) is 10.9. The third-order valence-electron chi connectivity index (χ3n) is 10.9. The first-order valence-corrected chi connectivity index (χ1v) is 21.7. The molecule has 0 bridgehead atoms. The Bertz CT molecular complexity index is 2340. The SMILES string of the molecule is Cc1ncsc1-c1ccc([C@H](C)NC(=O)[C@@H]2C[C@@H](O)CN2C(=O)[C@@H](NCCOCCNC(=O)c2ccc(NCc3ccc(C(F)(F)F)cc3)c(-c3cn(C)cn3)c2)C(C)(C)C)cc1. The average Bonchev–Trinajstić information content (AvgIpc) is 3.99. The molecular weight excluding hydrogens is 834 g/mol. The number of hydrogen-bond acceptors (Lipinski definition) is 10. The van der Waals surface area contributed by atoms with E-state index in [0.717, 1.165) is 33.8 Å². The lowest BCUT2D eigenvalue weighted by Gasteiger charge is -2.35. The van der Waals surface area contributed by atoms with Crippen molar-refractivity contribution in [2.24, 2.45) is 12.5 Å². The quantitative estimate of drug-likeness (QED) is 0.0637. The fraction of sp³-hybridized carbons (Fsp3) is 0.413. The van der Waals surface area contributed by atoms with Gasteiger partial charge in [0.15, 0.2) is 0 Å². The number of nitrogens with zero attached hydrogens (tertiary/aromatic N) is 4. The van der Waals surface area contributed by atoms with Gasteiger partial charge in [-0.3, -0.25) is 14.4 Å². The highest BCUT2D eigenvalue weighted by Crippen LogP contribution is 2.32. The number of hydrogen-bond donors (Lipinski definition) is 5. The Labute approximate surface area is 369 Å². The Morgan fingerprint density at radius 1 is 0.984 bits per heavy atom. The number of alkyl halides is 3. The van der Waals surface area contributed by atoms with Crippen molar-refractivity contribution in [1.82, 2.24) is 35.4 Å². The minimum Gasteiger partial charge on any atom is -0.391 e. The summed E-state index contributed by atoms with van der Waals surface area (Å²) in [5.74, 6) is -0.943. The lowest BCUT2D eigenvalue weighted by atomic mass is 9.85. The predicted molar refractivity (Wildman–Crippen MR) is 237 cm³/mol. The maximum Gasteiger partial charge on any atom is 0.416 e. The first-order valence-electron chi connectivity index (χ1n) is 20.8. The van der Waals surface area contributed by atoms with Crippen molar-refractivity contribution in [2.45, 2.75) is 78.0 Å². The third kappa shape index (κ3) is 12.1. The predicted octanol–water partition coefficient (Wildman–Crippen LogP) is 6.74. The van der Waals surface area contributed by atoms with Crippen LogP contribution in [0.15, 0.2) is 84.8 Å². The highest BCUT2D eigenvalue weighted by Gasteiger charge is 2.44. The maximum atomic E-state index is 14.1. The molecule has 6 rings (SSSR count). The normalized spacial score (nSPS) is 16.4. The van der Waals surface area contributed by atoms with Gasteiger partial charge in [0.1, 0.15) is 6.04 Å². The van der Waals surface area contributed by atoms with Gasteiger partial charge in [0.2, 0.25) is 11.8 Å². The number of nitrogens with one attached hydrogen (secondary N) is 4. The number of aliphatic hydroxyl groups excluding tert-OH is 1. The van der Waals surface area contributed by atoms with E-state index in [0.29, 0.717) is 34.6 Å². The van der Waals surface area contributed by atoms with E-state index in [4.69, 9.17) is 4.74 Å². The highest BCUT2D eigenvalue weighted by atomic mass is 32.1. The molecule has 3 aromatic carbocycles. The Morgan fingerprint density at radius 3 is 2.33 bits per heavy atom. The number of imidazole rings is 1. The molecule has 17 heteroatoms. The molecule has 336 valence electrons. The first-order chi connectivity index (χ1) is 29.9. The zero-order valence-corrected chi connectivity index (χ0v) is 37.1. The molecule has 3 heterocycles. The van der Waals surface area contributed by atoms with Gasteiger partial charge in [-0.1, -0.05) is 57.2 Å². The minimum absolute atomic E-state index is 0.0456. The number of aryl methyl sites for hydroxylation is 2. The van der Waals surface area contributed by atoms with Crippen molar-refractivity contribution in [3.63, 3.8) is 0 Å². The van der Waals surface area contributed by atoms with Crippen LogP contribution in [0.4, 0.5) is 18.9 Å². The van der Waals surface area contributed by atoms with Crippen molar-refractivity contribution >= 4 is 34.7 Å². The standard InChI is InChI=1S/C46H55F3N8O5S/c1-28(31-9-11-32(12-10-31)40-29(2)54-27-63-40)55-43(60)39-22-35(58)24-57(39)44(61)41(45(3,4)5)50-17-19-62-20-18-51-42(59)33-13-16-37(36(21-33)38-25-56(6)26-53-38)52-23-30-7-14-34(15-8-30)46(47,48)49/h7-16,21,25-28,35,39,41,50,52,58H,17-20,22-24H2,1-6H3,(H,51,59)(H,55,60)/t28-,35+,39-,41+/m0/s1. The second-order valence-electron chi connectivity index (χ2n) is 16.9. The monoisotopic (exact) mass is 888 g/mol. The molecule has 1 saturated heterocycles. The summed E-state index contributed by atoms with van der Waals surface area (Å²) in [6, 6.07) is 16.2. The molecule has 1 aliphatic rings. The van der Waals surface area contributed by atoms with Gasteiger partial charge < -0.3 is 40.6 Å². The zero-order chi connectivity index (χ0) is 45.5. The van der Waals surface area contributed by atoms with Crippen LogP contribution in [-0.4, -0.2) is 93.3 Å². The van der Waals surface area contributed by atoms with Gasteiger partial charge in [0.05, 0.1) is 65.1 Å². The number of amides is 3. The van der Waals surface area contributed by atoms with Crippen LogP contribution in [0.3, 0.4) is 0 Å². The summed E-state index contributed by atoms with van der Waals surface area (Å²) < 4.78 is 46.7. The van der Waals surface area contributed by atoms with Crippen molar-refractivity contribution in [3.8, 4) is 21.7 Å². The Kier molecular flexibility index (Phi) is 15.1. The van der Waals surface area contributed by atoms with Gasteiger partial charge in [-0.2, -0.15) is 13.2 Å². The van der Waals surface area contributed by atoms with Gasteiger partial charge in [-0.15, -0.1) is 11.3 Å². The molecule has 2 aromatic heterocycles.